The predicted octanol–water partition coefficient (Wildman–Crippen LogP) is 4.34. The molecule has 1 N–H and O–H groups in total. The monoisotopic (exact) mass is 257 g/mol. The molecule has 3 rings (SSSR count). The Bertz CT molecular complexity index is 471. The Balaban J connectivity index is 1.51. The van der Waals surface area contributed by atoms with Crippen LogP contribution in [0.25, 0.3) is 0 Å². The molecule has 1 aromatic carbocycles. The van der Waals surface area contributed by atoms with Gasteiger partial charge in [-0.15, -0.1) is 11.3 Å². The van der Waals surface area contributed by atoms with E-state index in [0.29, 0.717) is 12.1 Å². The van der Waals surface area contributed by atoms with Crippen LogP contribution in [0.15, 0.2) is 47.8 Å². The van der Waals surface area contributed by atoms with E-state index < -0.39 is 0 Å². The Morgan fingerprint density at radius 1 is 1.11 bits per heavy atom. The van der Waals surface area contributed by atoms with E-state index in [1.165, 1.54) is 23.3 Å². The SMILES string of the molecule is C[C@H](NC1CC(c2ccccc2)C1)c1cccs1. The van der Waals surface area contributed by atoms with Crippen LogP contribution >= 0.6 is 11.3 Å². The normalized spacial score (nSPS) is 24.5. The van der Waals surface area contributed by atoms with E-state index in [2.05, 4.69) is 60.1 Å². The van der Waals surface area contributed by atoms with Crippen LogP contribution in [0.1, 0.15) is 42.2 Å². The van der Waals surface area contributed by atoms with Gasteiger partial charge < -0.3 is 5.32 Å². The molecule has 0 amide bonds. The molecule has 2 aromatic rings. The molecular formula is C16H19NS. The quantitative estimate of drug-likeness (QED) is 0.859. The minimum atomic E-state index is 0.492. The highest BCUT2D eigenvalue weighted by molar-refractivity contribution is 7.10. The van der Waals surface area contributed by atoms with E-state index in [1.54, 1.807) is 0 Å². The highest BCUT2D eigenvalue weighted by atomic mass is 32.1. The van der Waals surface area contributed by atoms with Gasteiger partial charge in [-0.1, -0.05) is 36.4 Å². The van der Waals surface area contributed by atoms with E-state index >= 15 is 0 Å². The zero-order valence-corrected chi connectivity index (χ0v) is 11.5. The van der Waals surface area contributed by atoms with Gasteiger partial charge in [-0.3, -0.25) is 0 Å². The summed E-state index contributed by atoms with van der Waals surface area (Å²) < 4.78 is 0. The second-order valence-electron chi connectivity index (χ2n) is 5.18. The third-order valence-electron chi connectivity index (χ3n) is 3.86. The topological polar surface area (TPSA) is 12.0 Å². The van der Waals surface area contributed by atoms with Crippen LogP contribution in [0.2, 0.25) is 0 Å². The van der Waals surface area contributed by atoms with Gasteiger partial charge >= 0.3 is 0 Å². The van der Waals surface area contributed by atoms with Gasteiger partial charge in [-0.2, -0.15) is 0 Å². The van der Waals surface area contributed by atoms with Crippen LogP contribution in [-0.4, -0.2) is 6.04 Å². The lowest BCUT2D eigenvalue weighted by Gasteiger charge is -2.38. The average Bonchev–Trinajstić information content (AvgIpc) is 2.88. The van der Waals surface area contributed by atoms with Crippen molar-refractivity contribution in [3.05, 3.63) is 58.3 Å². The van der Waals surface area contributed by atoms with Crippen LogP contribution in [0.5, 0.6) is 0 Å². The first-order chi connectivity index (χ1) is 8.83. The zero-order valence-electron chi connectivity index (χ0n) is 10.7. The molecular weight excluding hydrogens is 238 g/mol. The fourth-order valence-corrected chi connectivity index (χ4v) is 3.47. The summed E-state index contributed by atoms with van der Waals surface area (Å²) in [5.41, 5.74) is 1.50. The van der Waals surface area contributed by atoms with Gasteiger partial charge in [-0.25, -0.2) is 0 Å². The van der Waals surface area contributed by atoms with Crippen LogP contribution in [0, 0.1) is 0 Å². The lowest BCUT2D eigenvalue weighted by atomic mass is 9.75. The maximum absolute atomic E-state index is 3.73. The van der Waals surface area contributed by atoms with Crippen molar-refractivity contribution in [2.45, 2.75) is 37.8 Å². The van der Waals surface area contributed by atoms with Gasteiger partial charge in [0.25, 0.3) is 0 Å². The fourth-order valence-electron chi connectivity index (χ4n) is 2.72. The summed E-state index contributed by atoms with van der Waals surface area (Å²) in [5, 5.41) is 5.88. The van der Waals surface area contributed by atoms with Gasteiger partial charge in [0, 0.05) is 17.0 Å². The van der Waals surface area contributed by atoms with Crippen LogP contribution in [-0.2, 0) is 0 Å². The molecule has 1 nitrogen and oxygen atoms in total. The molecule has 0 unspecified atom stereocenters. The van der Waals surface area contributed by atoms with Crippen molar-refractivity contribution in [3.8, 4) is 0 Å². The van der Waals surface area contributed by atoms with E-state index in [-0.39, 0.29) is 0 Å². The third-order valence-corrected chi connectivity index (χ3v) is 4.92. The summed E-state index contributed by atoms with van der Waals surface area (Å²) in [6.07, 6.45) is 2.56. The lowest BCUT2D eigenvalue weighted by Crippen LogP contribution is -2.41. The Labute approximate surface area is 113 Å². The summed E-state index contributed by atoms with van der Waals surface area (Å²) in [5.74, 6) is 0.763. The third kappa shape index (κ3) is 2.50. The zero-order chi connectivity index (χ0) is 12.4. The van der Waals surface area contributed by atoms with Crippen molar-refractivity contribution in [1.29, 1.82) is 0 Å². The molecule has 1 aliphatic rings. The smallest absolute Gasteiger partial charge is 0.0388 e. The van der Waals surface area contributed by atoms with Crippen molar-refractivity contribution in [2.75, 3.05) is 0 Å². The highest BCUT2D eigenvalue weighted by Crippen LogP contribution is 2.37. The van der Waals surface area contributed by atoms with Gasteiger partial charge in [0.2, 0.25) is 0 Å². The molecule has 1 aromatic heterocycles. The van der Waals surface area contributed by atoms with Crippen LogP contribution < -0.4 is 5.32 Å². The highest BCUT2D eigenvalue weighted by Gasteiger charge is 2.30. The average molecular weight is 257 g/mol. The Morgan fingerprint density at radius 2 is 1.89 bits per heavy atom. The predicted molar refractivity (Wildman–Crippen MR) is 78.1 cm³/mol. The summed E-state index contributed by atoms with van der Waals surface area (Å²) in [6, 6.07) is 16.4. The van der Waals surface area contributed by atoms with E-state index in [9.17, 15) is 0 Å². The number of nitrogens with one attached hydrogen (secondary N) is 1. The number of rotatable bonds is 4. The van der Waals surface area contributed by atoms with Crippen molar-refractivity contribution in [3.63, 3.8) is 0 Å². The Hall–Kier alpha value is -1.12. The van der Waals surface area contributed by atoms with Crippen LogP contribution in [0.4, 0.5) is 0 Å². The standard InChI is InChI=1S/C16H19NS/c1-12(16-8-5-9-18-16)17-15-10-14(11-15)13-6-3-2-4-7-13/h2-9,12,14-15,17H,10-11H2,1H3/t12-,14?,15?/m0/s1. The molecule has 1 fully saturated rings. The van der Waals surface area contributed by atoms with Gasteiger partial charge in [0.1, 0.15) is 0 Å². The maximum Gasteiger partial charge on any atom is 0.0388 e. The molecule has 0 bridgehead atoms. The minimum absolute atomic E-state index is 0.492. The molecule has 18 heavy (non-hydrogen) atoms. The molecule has 1 heterocycles. The summed E-state index contributed by atoms with van der Waals surface area (Å²) in [6.45, 7) is 2.27. The molecule has 1 atom stereocenters. The minimum Gasteiger partial charge on any atom is -0.307 e. The van der Waals surface area contributed by atoms with Gasteiger partial charge in [0.05, 0.1) is 0 Å². The molecule has 0 radical (unpaired) electrons. The fraction of sp³-hybridized carbons (Fsp3) is 0.375. The lowest BCUT2D eigenvalue weighted by molar-refractivity contribution is 0.272. The van der Waals surface area contributed by atoms with E-state index in [0.717, 1.165) is 5.92 Å². The van der Waals surface area contributed by atoms with E-state index in [1.807, 2.05) is 11.3 Å². The number of benzene rings is 1. The van der Waals surface area contributed by atoms with E-state index in [4.69, 9.17) is 0 Å². The molecule has 2 heteroatoms. The van der Waals surface area contributed by atoms with Crippen molar-refractivity contribution < 1.29 is 0 Å². The number of hydrogen-bond donors (Lipinski definition) is 1. The summed E-state index contributed by atoms with van der Waals surface area (Å²) in [7, 11) is 0. The Morgan fingerprint density at radius 3 is 2.56 bits per heavy atom. The molecule has 0 spiro atoms. The largest absolute Gasteiger partial charge is 0.307 e. The van der Waals surface area contributed by atoms with Gasteiger partial charge in [-0.05, 0) is 42.7 Å². The Kier molecular flexibility index (Phi) is 3.48. The molecule has 0 saturated heterocycles. The van der Waals surface area contributed by atoms with Crippen molar-refractivity contribution >= 4 is 11.3 Å². The number of thiophene rings is 1. The van der Waals surface area contributed by atoms with Crippen molar-refractivity contribution in [2.24, 2.45) is 0 Å². The second-order valence-corrected chi connectivity index (χ2v) is 6.16. The number of hydrogen-bond acceptors (Lipinski definition) is 2. The molecule has 1 saturated carbocycles. The molecule has 94 valence electrons. The summed E-state index contributed by atoms with van der Waals surface area (Å²) in [4.78, 5) is 1.44. The molecule has 0 aliphatic heterocycles. The first-order valence-electron chi connectivity index (χ1n) is 6.67. The van der Waals surface area contributed by atoms with Gasteiger partial charge in [0.15, 0.2) is 0 Å². The molecule has 1 aliphatic carbocycles. The summed E-state index contributed by atoms with van der Waals surface area (Å²) >= 11 is 1.84. The van der Waals surface area contributed by atoms with Crippen molar-refractivity contribution in [1.82, 2.24) is 5.32 Å². The first-order valence-corrected chi connectivity index (χ1v) is 7.55. The second kappa shape index (κ2) is 5.25. The first kappa shape index (κ1) is 11.9. The maximum atomic E-state index is 3.73. The van der Waals surface area contributed by atoms with Crippen LogP contribution in [0.3, 0.4) is 0 Å².